The van der Waals surface area contributed by atoms with E-state index in [9.17, 15) is 9.00 Å². The van der Waals surface area contributed by atoms with Crippen LogP contribution < -0.4 is 0 Å². The summed E-state index contributed by atoms with van der Waals surface area (Å²) < 4.78 is 13.2. The van der Waals surface area contributed by atoms with Crippen LogP contribution in [0.2, 0.25) is 0 Å². The van der Waals surface area contributed by atoms with Crippen molar-refractivity contribution in [2.45, 2.75) is 19.1 Å². The van der Waals surface area contributed by atoms with Gasteiger partial charge in [0.2, 0.25) is 0 Å². The van der Waals surface area contributed by atoms with Crippen molar-refractivity contribution < 1.29 is 14.1 Å². The van der Waals surface area contributed by atoms with Crippen molar-refractivity contribution in [1.82, 2.24) is 9.78 Å². The minimum absolute atomic E-state index is 0.0521. The van der Waals surface area contributed by atoms with Crippen LogP contribution in [0, 0.1) is 6.92 Å². The molecule has 0 spiro atoms. The van der Waals surface area contributed by atoms with E-state index >= 15 is 0 Å². The fraction of sp³-hybridized carbons (Fsp3) is 0.556. The molecule has 1 rings (SSSR count). The lowest BCUT2D eigenvalue weighted by atomic mass is 10.4. The van der Waals surface area contributed by atoms with Gasteiger partial charge in [-0.2, -0.15) is 5.10 Å². The molecule has 0 aromatic carbocycles. The topological polar surface area (TPSA) is 72.2 Å². The van der Waals surface area contributed by atoms with Gasteiger partial charge in [-0.15, -0.1) is 0 Å². The predicted octanol–water partition coefficient (Wildman–Crippen LogP) is 0.452. The Morgan fingerprint density at radius 3 is 2.80 bits per heavy atom. The molecule has 0 fully saturated rings. The number of aromatic nitrogens is 2. The molecule has 1 unspecified atom stereocenters. The highest BCUT2D eigenvalue weighted by atomic mass is 32.2. The Morgan fingerprint density at radius 2 is 2.33 bits per heavy atom. The smallest absolute Gasteiger partial charge is 0.304 e. The van der Waals surface area contributed by atoms with Gasteiger partial charge in [-0.3, -0.25) is 13.7 Å². The molecular weight excluding hydrogens is 216 g/mol. The third kappa shape index (κ3) is 3.83. The lowest BCUT2D eigenvalue weighted by Crippen LogP contribution is -2.08. The molecule has 0 bridgehead atoms. The van der Waals surface area contributed by atoms with E-state index in [1.165, 1.54) is 0 Å². The van der Waals surface area contributed by atoms with Gasteiger partial charge < -0.3 is 5.11 Å². The number of aliphatic carboxylic acids is 1. The number of aryl methyl sites for hydroxylation is 2. The zero-order valence-electron chi connectivity index (χ0n) is 8.77. The van der Waals surface area contributed by atoms with Crippen LogP contribution in [0.3, 0.4) is 0 Å². The summed E-state index contributed by atoms with van der Waals surface area (Å²) in [7, 11) is 0.658. The van der Waals surface area contributed by atoms with Crippen molar-refractivity contribution in [1.29, 1.82) is 0 Å². The molecule has 1 N–H and O–H groups in total. The van der Waals surface area contributed by atoms with E-state index < -0.39 is 16.8 Å². The SMILES string of the molecule is Cc1cc(CS(=O)CCC(=O)O)n(C)n1. The number of carboxylic acids is 1. The first-order chi connectivity index (χ1) is 6.99. The van der Waals surface area contributed by atoms with Crippen molar-refractivity contribution in [2.24, 2.45) is 7.05 Å². The van der Waals surface area contributed by atoms with Gasteiger partial charge in [-0.05, 0) is 13.0 Å². The molecule has 84 valence electrons. The second-order valence-corrected chi connectivity index (χ2v) is 4.91. The Labute approximate surface area is 90.6 Å². The summed E-state index contributed by atoms with van der Waals surface area (Å²) in [4.78, 5) is 10.3. The fourth-order valence-electron chi connectivity index (χ4n) is 1.24. The van der Waals surface area contributed by atoms with Gasteiger partial charge in [0.25, 0.3) is 0 Å². The number of hydrogen-bond acceptors (Lipinski definition) is 3. The van der Waals surface area contributed by atoms with Gasteiger partial charge in [0, 0.05) is 23.6 Å². The molecule has 1 aromatic rings. The Morgan fingerprint density at radius 1 is 1.67 bits per heavy atom. The zero-order chi connectivity index (χ0) is 11.4. The predicted molar refractivity (Wildman–Crippen MR) is 56.9 cm³/mol. The Bertz CT molecular complexity index is 387. The summed E-state index contributed by atoms with van der Waals surface area (Å²) >= 11 is 0. The van der Waals surface area contributed by atoms with Crippen molar-refractivity contribution >= 4 is 16.8 Å². The van der Waals surface area contributed by atoms with Crippen LogP contribution >= 0.6 is 0 Å². The standard InChI is InChI=1S/C9H14N2O3S/c1-7-5-8(11(2)10-7)6-15(14)4-3-9(12)13/h5H,3-4,6H2,1-2H3,(H,12,13). The largest absolute Gasteiger partial charge is 0.481 e. The van der Waals surface area contributed by atoms with Crippen LogP contribution in [-0.4, -0.2) is 30.8 Å². The Balaban J connectivity index is 2.51. The van der Waals surface area contributed by atoms with Crippen LogP contribution in [-0.2, 0) is 28.4 Å². The molecule has 1 heterocycles. The molecule has 1 aromatic heterocycles. The first-order valence-electron chi connectivity index (χ1n) is 4.55. The van der Waals surface area contributed by atoms with Gasteiger partial charge in [0.15, 0.2) is 0 Å². The number of nitrogens with zero attached hydrogens (tertiary/aromatic N) is 2. The quantitative estimate of drug-likeness (QED) is 0.797. The molecule has 0 aliphatic rings. The fourth-order valence-corrected chi connectivity index (χ4v) is 2.38. The van der Waals surface area contributed by atoms with Crippen LogP contribution in [0.1, 0.15) is 17.8 Å². The minimum Gasteiger partial charge on any atom is -0.481 e. The third-order valence-electron chi connectivity index (χ3n) is 1.95. The van der Waals surface area contributed by atoms with Crippen molar-refractivity contribution in [3.63, 3.8) is 0 Å². The first kappa shape index (κ1) is 11.9. The Hall–Kier alpha value is -1.17. The highest BCUT2D eigenvalue weighted by Crippen LogP contribution is 2.05. The van der Waals surface area contributed by atoms with E-state index in [0.717, 1.165) is 11.4 Å². The number of rotatable bonds is 5. The molecular formula is C9H14N2O3S. The lowest BCUT2D eigenvalue weighted by molar-refractivity contribution is -0.136. The molecule has 0 saturated heterocycles. The molecule has 0 aliphatic heterocycles. The van der Waals surface area contributed by atoms with Gasteiger partial charge in [-0.1, -0.05) is 0 Å². The van der Waals surface area contributed by atoms with Gasteiger partial charge in [0.05, 0.1) is 23.6 Å². The van der Waals surface area contributed by atoms with Crippen molar-refractivity contribution in [2.75, 3.05) is 5.75 Å². The van der Waals surface area contributed by atoms with Gasteiger partial charge in [0.1, 0.15) is 0 Å². The molecule has 15 heavy (non-hydrogen) atoms. The van der Waals surface area contributed by atoms with Crippen LogP contribution in [0.15, 0.2) is 6.07 Å². The number of carbonyl (C=O) groups is 1. The maximum Gasteiger partial charge on any atom is 0.304 e. The normalized spacial score (nSPS) is 12.7. The Kier molecular flexibility index (Phi) is 4.02. The second kappa shape index (κ2) is 5.06. The third-order valence-corrected chi connectivity index (χ3v) is 3.23. The number of hydrogen-bond donors (Lipinski definition) is 1. The molecule has 1 atom stereocenters. The molecule has 0 amide bonds. The first-order valence-corrected chi connectivity index (χ1v) is 6.04. The van der Waals surface area contributed by atoms with Crippen molar-refractivity contribution in [3.8, 4) is 0 Å². The van der Waals surface area contributed by atoms with E-state index in [-0.39, 0.29) is 12.2 Å². The highest BCUT2D eigenvalue weighted by molar-refractivity contribution is 7.84. The summed E-state index contributed by atoms with van der Waals surface area (Å²) in [6.45, 7) is 1.86. The van der Waals surface area contributed by atoms with Gasteiger partial charge >= 0.3 is 5.97 Å². The average molecular weight is 230 g/mol. The molecule has 6 heteroatoms. The zero-order valence-corrected chi connectivity index (χ0v) is 9.58. The van der Waals surface area contributed by atoms with E-state index in [1.54, 1.807) is 11.7 Å². The van der Waals surface area contributed by atoms with Crippen LogP contribution in [0.4, 0.5) is 0 Å². The van der Waals surface area contributed by atoms with Gasteiger partial charge in [-0.25, -0.2) is 0 Å². The maximum atomic E-state index is 11.5. The van der Waals surface area contributed by atoms with E-state index in [2.05, 4.69) is 5.10 Å². The summed E-state index contributed by atoms with van der Waals surface area (Å²) in [5, 5.41) is 12.6. The highest BCUT2D eigenvalue weighted by Gasteiger charge is 2.08. The van der Waals surface area contributed by atoms with E-state index in [1.807, 2.05) is 13.0 Å². The van der Waals surface area contributed by atoms with E-state index in [4.69, 9.17) is 5.11 Å². The molecule has 0 saturated carbocycles. The average Bonchev–Trinajstić information content (AvgIpc) is 2.42. The maximum absolute atomic E-state index is 11.5. The van der Waals surface area contributed by atoms with Crippen LogP contribution in [0.5, 0.6) is 0 Å². The molecule has 0 radical (unpaired) electrons. The lowest BCUT2D eigenvalue weighted by Gasteiger charge is -2.00. The number of carboxylic acid groups (broad SMARTS) is 1. The summed E-state index contributed by atoms with van der Waals surface area (Å²) in [5.41, 5.74) is 1.75. The molecule has 0 aliphatic carbocycles. The van der Waals surface area contributed by atoms with Crippen molar-refractivity contribution in [3.05, 3.63) is 17.5 Å². The summed E-state index contributed by atoms with van der Waals surface area (Å²) in [6, 6.07) is 1.86. The van der Waals surface area contributed by atoms with E-state index in [0.29, 0.717) is 5.75 Å². The summed E-state index contributed by atoms with van der Waals surface area (Å²) in [6.07, 6.45) is -0.0521. The molecule has 5 nitrogen and oxygen atoms in total. The minimum atomic E-state index is -1.13. The second-order valence-electron chi connectivity index (χ2n) is 3.33. The summed E-state index contributed by atoms with van der Waals surface area (Å²) in [5.74, 6) is -0.353. The monoisotopic (exact) mass is 230 g/mol. The van der Waals surface area contributed by atoms with Crippen LogP contribution in [0.25, 0.3) is 0 Å².